The van der Waals surface area contributed by atoms with Crippen LogP contribution < -0.4 is 5.32 Å². The van der Waals surface area contributed by atoms with Gasteiger partial charge in [-0.05, 0) is 48.9 Å². The predicted octanol–water partition coefficient (Wildman–Crippen LogP) is 3.54. The van der Waals surface area contributed by atoms with E-state index in [1.165, 1.54) is 37.0 Å². The van der Waals surface area contributed by atoms with Crippen LogP contribution in [-0.4, -0.2) is 20.3 Å². The third-order valence-electron chi connectivity index (χ3n) is 5.21. The first-order valence-electron chi connectivity index (χ1n) is 7.50. The lowest BCUT2D eigenvalue weighted by atomic mass is 9.84. The summed E-state index contributed by atoms with van der Waals surface area (Å²) in [5.41, 5.74) is 0. The van der Waals surface area contributed by atoms with Gasteiger partial charge in [-0.1, -0.05) is 17.8 Å². The Kier molecular flexibility index (Phi) is 2.92. The second kappa shape index (κ2) is 4.69. The highest BCUT2D eigenvalue weighted by Crippen LogP contribution is 2.50. The van der Waals surface area contributed by atoms with Gasteiger partial charge < -0.3 is 15.4 Å². The zero-order valence-corrected chi connectivity index (χ0v) is 12.7. The Morgan fingerprint density at radius 3 is 3.05 bits per heavy atom. The van der Waals surface area contributed by atoms with Gasteiger partial charge in [-0.15, -0.1) is 0 Å². The molecule has 2 aromatic heterocycles. The Morgan fingerprint density at radius 2 is 2.38 bits per heavy atom. The Balaban J connectivity index is 1.60. The van der Waals surface area contributed by atoms with Crippen molar-refractivity contribution in [3.8, 4) is 0 Å². The van der Waals surface area contributed by atoms with Crippen molar-refractivity contribution in [3.05, 3.63) is 21.7 Å². The molecule has 0 aliphatic heterocycles. The van der Waals surface area contributed by atoms with Gasteiger partial charge in [-0.2, -0.15) is 9.38 Å². The highest BCUT2D eigenvalue weighted by Gasteiger charge is 2.42. The van der Waals surface area contributed by atoms with Crippen LogP contribution in [0.4, 0.5) is 11.6 Å². The molecule has 2 aliphatic carbocycles. The summed E-state index contributed by atoms with van der Waals surface area (Å²) < 4.78 is 1.56. The number of imidazole rings is 1. The van der Waals surface area contributed by atoms with Gasteiger partial charge in [-0.3, -0.25) is 0 Å². The van der Waals surface area contributed by atoms with Crippen LogP contribution >= 0.6 is 11.3 Å². The maximum Gasteiger partial charge on any atom is 0.372 e. The minimum atomic E-state index is -0.345. The molecule has 2 heterocycles. The van der Waals surface area contributed by atoms with E-state index in [-0.39, 0.29) is 16.8 Å². The summed E-state index contributed by atoms with van der Waals surface area (Å²) in [5, 5.41) is 16.5. The fraction of sp³-hybridized carbons (Fsp3) is 0.643. The van der Waals surface area contributed by atoms with E-state index in [0.29, 0.717) is 16.7 Å². The average molecular weight is 306 g/mol. The number of thiazole rings is 1. The SMILES string of the molecule is CC(Nc1nc2sccn2c1[N+](=O)[O-])C1CC2CCC1C2. The van der Waals surface area contributed by atoms with Crippen molar-refractivity contribution in [2.75, 3.05) is 5.32 Å². The summed E-state index contributed by atoms with van der Waals surface area (Å²) >= 11 is 1.42. The van der Waals surface area contributed by atoms with Crippen LogP contribution in [0.1, 0.15) is 32.6 Å². The normalized spacial score (nSPS) is 29.1. The van der Waals surface area contributed by atoms with Crippen LogP contribution in [0.15, 0.2) is 11.6 Å². The molecular weight excluding hydrogens is 288 g/mol. The van der Waals surface area contributed by atoms with Gasteiger partial charge in [0.25, 0.3) is 4.96 Å². The lowest BCUT2D eigenvalue weighted by molar-refractivity contribution is -0.389. The fourth-order valence-electron chi connectivity index (χ4n) is 4.27. The van der Waals surface area contributed by atoms with E-state index in [0.717, 1.165) is 11.8 Å². The molecule has 4 rings (SSSR count). The van der Waals surface area contributed by atoms with Crippen molar-refractivity contribution in [1.82, 2.24) is 9.38 Å². The molecule has 21 heavy (non-hydrogen) atoms. The minimum absolute atomic E-state index is 0.0567. The second-order valence-corrected chi connectivity index (χ2v) is 7.24. The monoisotopic (exact) mass is 306 g/mol. The number of nitrogens with zero attached hydrogens (tertiary/aromatic N) is 3. The molecule has 2 saturated carbocycles. The molecule has 0 aromatic carbocycles. The van der Waals surface area contributed by atoms with Crippen molar-refractivity contribution >= 4 is 27.9 Å². The van der Waals surface area contributed by atoms with E-state index in [1.807, 2.05) is 5.38 Å². The molecule has 0 radical (unpaired) electrons. The van der Waals surface area contributed by atoms with Gasteiger partial charge >= 0.3 is 5.82 Å². The molecule has 4 unspecified atom stereocenters. The van der Waals surface area contributed by atoms with Crippen molar-refractivity contribution in [3.63, 3.8) is 0 Å². The lowest BCUT2D eigenvalue weighted by Crippen LogP contribution is -2.30. The zero-order chi connectivity index (χ0) is 14.6. The maximum atomic E-state index is 11.3. The molecular formula is C14H18N4O2S. The van der Waals surface area contributed by atoms with Crippen LogP contribution in [0.2, 0.25) is 0 Å². The van der Waals surface area contributed by atoms with E-state index >= 15 is 0 Å². The van der Waals surface area contributed by atoms with Crippen molar-refractivity contribution in [2.24, 2.45) is 17.8 Å². The number of nitrogens with one attached hydrogen (secondary N) is 1. The first kappa shape index (κ1) is 13.1. The fourth-order valence-corrected chi connectivity index (χ4v) is 4.98. The maximum absolute atomic E-state index is 11.3. The smallest absolute Gasteiger partial charge is 0.360 e. The lowest BCUT2D eigenvalue weighted by Gasteiger charge is -2.28. The van der Waals surface area contributed by atoms with Gasteiger partial charge in [0.1, 0.15) is 6.20 Å². The van der Waals surface area contributed by atoms with Gasteiger partial charge in [0.15, 0.2) is 0 Å². The van der Waals surface area contributed by atoms with Crippen LogP contribution in [-0.2, 0) is 0 Å². The summed E-state index contributed by atoms with van der Waals surface area (Å²) in [6.07, 6.45) is 7.00. The summed E-state index contributed by atoms with van der Waals surface area (Å²) in [6.45, 7) is 2.14. The van der Waals surface area contributed by atoms with E-state index in [9.17, 15) is 10.1 Å². The standard InChI is InChI=1S/C14H18N4O2S/c1-8(11-7-9-2-3-10(11)6-9)15-12-13(18(19)20)17-4-5-21-14(17)16-12/h4-5,8-11,15H,2-3,6-7H2,1H3. The third-order valence-corrected chi connectivity index (χ3v) is 5.97. The average Bonchev–Trinajstić information content (AvgIpc) is 3.17. The second-order valence-electron chi connectivity index (χ2n) is 6.37. The molecule has 112 valence electrons. The topological polar surface area (TPSA) is 72.5 Å². The highest BCUT2D eigenvalue weighted by atomic mass is 32.1. The Morgan fingerprint density at radius 1 is 1.52 bits per heavy atom. The Bertz CT molecular complexity index is 694. The third kappa shape index (κ3) is 2.02. The summed E-state index contributed by atoms with van der Waals surface area (Å²) in [4.78, 5) is 16.1. The number of hydrogen-bond acceptors (Lipinski definition) is 5. The van der Waals surface area contributed by atoms with E-state index in [1.54, 1.807) is 10.6 Å². The molecule has 2 aliphatic rings. The Hall–Kier alpha value is -1.63. The number of rotatable bonds is 4. The number of fused-ring (bicyclic) bond motifs is 3. The van der Waals surface area contributed by atoms with Crippen LogP contribution in [0, 0.1) is 27.9 Å². The molecule has 1 N–H and O–H groups in total. The molecule has 0 saturated heterocycles. The van der Waals surface area contributed by atoms with Crippen molar-refractivity contribution in [1.29, 1.82) is 0 Å². The molecule has 6 nitrogen and oxygen atoms in total. The summed E-state index contributed by atoms with van der Waals surface area (Å²) in [6, 6.07) is 0.239. The quantitative estimate of drug-likeness (QED) is 0.692. The molecule has 7 heteroatoms. The Labute approximate surface area is 126 Å². The van der Waals surface area contributed by atoms with Gasteiger partial charge in [0, 0.05) is 11.4 Å². The zero-order valence-electron chi connectivity index (χ0n) is 11.9. The first-order chi connectivity index (χ1) is 10.1. The van der Waals surface area contributed by atoms with Crippen LogP contribution in [0.25, 0.3) is 4.96 Å². The number of aromatic nitrogens is 2. The molecule has 2 fully saturated rings. The molecule has 4 atom stereocenters. The van der Waals surface area contributed by atoms with E-state index in [4.69, 9.17) is 0 Å². The number of anilines is 1. The largest absolute Gasteiger partial charge is 0.372 e. The van der Waals surface area contributed by atoms with Gasteiger partial charge in [0.05, 0.1) is 0 Å². The molecule has 2 bridgehead atoms. The number of hydrogen-bond donors (Lipinski definition) is 1. The minimum Gasteiger partial charge on any atom is -0.360 e. The summed E-state index contributed by atoms with van der Waals surface area (Å²) in [7, 11) is 0. The van der Waals surface area contributed by atoms with Gasteiger partial charge in [0.2, 0.25) is 5.82 Å². The predicted molar refractivity (Wildman–Crippen MR) is 81.7 cm³/mol. The molecule has 0 spiro atoms. The first-order valence-corrected chi connectivity index (χ1v) is 8.38. The van der Waals surface area contributed by atoms with Crippen LogP contribution in [0.5, 0.6) is 0 Å². The van der Waals surface area contributed by atoms with Crippen LogP contribution in [0.3, 0.4) is 0 Å². The molecule has 2 aromatic rings. The number of nitro groups is 1. The van der Waals surface area contributed by atoms with Gasteiger partial charge in [-0.25, -0.2) is 0 Å². The summed E-state index contributed by atoms with van der Waals surface area (Å²) in [5.74, 6) is 2.77. The van der Waals surface area contributed by atoms with E-state index < -0.39 is 0 Å². The van der Waals surface area contributed by atoms with E-state index in [2.05, 4.69) is 17.2 Å². The van der Waals surface area contributed by atoms with Crippen molar-refractivity contribution in [2.45, 2.75) is 38.6 Å². The highest BCUT2D eigenvalue weighted by molar-refractivity contribution is 7.15. The van der Waals surface area contributed by atoms with Crippen molar-refractivity contribution < 1.29 is 4.92 Å². The molecule has 0 amide bonds.